The third-order valence-electron chi connectivity index (χ3n) is 5.77. The van der Waals surface area contributed by atoms with Gasteiger partial charge in [-0.1, -0.05) is 48.5 Å². The SMILES string of the molecule is OC1(c2ccccc2)CCN(Cc2ccccc2OCCN2CCOCC2)C1. The Hall–Kier alpha value is -1.92. The number of ether oxygens (including phenoxy) is 2. The van der Waals surface area contributed by atoms with Crippen LogP contribution in [-0.2, 0) is 16.9 Å². The smallest absolute Gasteiger partial charge is 0.123 e. The molecule has 0 bridgehead atoms. The average Bonchev–Trinajstić information content (AvgIpc) is 3.13. The first-order chi connectivity index (χ1) is 13.7. The van der Waals surface area contributed by atoms with Crippen LogP contribution in [0.5, 0.6) is 5.75 Å². The Morgan fingerprint density at radius 1 is 0.929 bits per heavy atom. The van der Waals surface area contributed by atoms with Gasteiger partial charge in [-0.15, -0.1) is 0 Å². The van der Waals surface area contributed by atoms with Crippen LogP contribution >= 0.6 is 0 Å². The molecule has 28 heavy (non-hydrogen) atoms. The number of likely N-dealkylation sites (tertiary alicyclic amines) is 1. The molecule has 5 heteroatoms. The highest BCUT2D eigenvalue weighted by atomic mass is 16.5. The van der Waals surface area contributed by atoms with Crippen LogP contribution in [0.25, 0.3) is 0 Å². The zero-order chi connectivity index (χ0) is 19.2. The molecule has 2 saturated heterocycles. The van der Waals surface area contributed by atoms with E-state index in [1.807, 2.05) is 42.5 Å². The van der Waals surface area contributed by atoms with Gasteiger partial charge < -0.3 is 14.6 Å². The number of para-hydroxylation sites is 1. The highest BCUT2D eigenvalue weighted by Crippen LogP contribution is 2.33. The molecule has 150 valence electrons. The van der Waals surface area contributed by atoms with Crippen molar-refractivity contribution in [1.82, 2.24) is 9.80 Å². The van der Waals surface area contributed by atoms with E-state index in [9.17, 15) is 5.11 Å². The van der Waals surface area contributed by atoms with E-state index in [-0.39, 0.29) is 0 Å². The first-order valence-electron chi connectivity index (χ1n) is 10.2. The van der Waals surface area contributed by atoms with Crippen molar-refractivity contribution in [3.63, 3.8) is 0 Å². The maximum atomic E-state index is 11.1. The monoisotopic (exact) mass is 382 g/mol. The predicted molar refractivity (Wildman–Crippen MR) is 109 cm³/mol. The Morgan fingerprint density at radius 2 is 1.68 bits per heavy atom. The Bertz CT molecular complexity index is 749. The molecule has 4 rings (SSSR count). The van der Waals surface area contributed by atoms with Gasteiger partial charge in [0.15, 0.2) is 0 Å². The predicted octanol–water partition coefficient (Wildman–Crippen LogP) is 2.49. The summed E-state index contributed by atoms with van der Waals surface area (Å²) < 4.78 is 11.5. The molecule has 0 amide bonds. The molecule has 0 radical (unpaired) electrons. The summed E-state index contributed by atoms with van der Waals surface area (Å²) >= 11 is 0. The summed E-state index contributed by atoms with van der Waals surface area (Å²) in [5.74, 6) is 0.950. The number of morpholine rings is 1. The lowest BCUT2D eigenvalue weighted by molar-refractivity contribution is 0.0320. The maximum Gasteiger partial charge on any atom is 0.123 e. The van der Waals surface area contributed by atoms with Gasteiger partial charge in [0.1, 0.15) is 18.0 Å². The summed E-state index contributed by atoms with van der Waals surface area (Å²) in [4.78, 5) is 4.70. The second-order valence-corrected chi connectivity index (χ2v) is 7.77. The van der Waals surface area contributed by atoms with Crippen molar-refractivity contribution in [3.05, 3.63) is 65.7 Å². The molecule has 1 atom stereocenters. The zero-order valence-corrected chi connectivity index (χ0v) is 16.4. The lowest BCUT2D eigenvalue weighted by Gasteiger charge is -2.27. The normalized spacial score (nSPS) is 23.8. The van der Waals surface area contributed by atoms with E-state index >= 15 is 0 Å². The van der Waals surface area contributed by atoms with Gasteiger partial charge in [0.05, 0.1) is 13.2 Å². The molecule has 0 spiro atoms. The zero-order valence-electron chi connectivity index (χ0n) is 16.4. The van der Waals surface area contributed by atoms with E-state index in [4.69, 9.17) is 9.47 Å². The van der Waals surface area contributed by atoms with E-state index in [0.717, 1.165) is 63.7 Å². The first-order valence-corrected chi connectivity index (χ1v) is 10.2. The van der Waals surface area contributed by atoms with E-state index in [0.29, 0.717) is 13.2 Å². The highest BCUT2D eigenvalue weighted by Gasteiger charge is 2.37. The Kier molecular flexibility index (Phi) is 6.27. The van der Waals surface area contributed by atoms with Gasteiger partial charge in [0.2, 0.25) is 0 Å². The third kappa shape index (κ3) is 4.73. The fourth-order valence-electron chi connectivity index (χ4n) is 4.12. The summed E-state index contributed by atoms with van der Waals surface area (Å²) in [5, 5.41) is 11.1. The van der Waals surface area contributed by atoms with Gasteiger partial charge in [0.25, 0.3) is 0 Å². The van der Waals surface area contributed by atoms with Gasteiger partial charge in [0, 0.05) is 44.8 Å². The molecule has 1 unspecified atom stereocenters. The van der Waals surface area contributed by atoms with E-state index in [2.05, 4.69) is 21.9 Å². The van der Waals surface area contributed by atoms with E-state index in [1.165, 1.54) is 5.56 Å². The number of aliphatic hydroxyl groups is 1. The van der Waals surface area contributed by atoms with Crippen LogP contribution in [0.15, 0.2) is 54.6 Å². The van der Waals surface area contributed by atoms with Gasteiger partial charge in [-0.25, -0.2) is 0 Å². The van der Waals surface area contributed by atoms with Gasteiger partial charge in [-0.05, 0) is 18.1 Å². The van der Waals surface area contributed by atoms with Crippen LogP contribution in [0.4, 0.5) is 0 Å². The van der Waals surface area contributed by atoms with Crippen molar-refractivity contribution in [1.29, 1.82) is 0 Å². The lowest BCUT2D eigenvalue weighted by atomic mass is 9.93. The van der Waals surface area contributed by atoms with Crippen LogP contribution in [0, 0.1) is 0 Å². The molecule has 2 heterocycles. The quantitative estimate of drug-likeness (QED) is 0.797. The molecule has 1 N–H and O–H groups in total. The minimum absolute atomic E-state index is 0.652. The van der Waals surface area contributed by atoms with Crippen molar-refractivity contribution in [2.75, 3.05) is 52.5 Å². The third-order valence-corrected chi connectivity index (χ3v) is 5.77. The largest absolute Gasteiger partial charge is 0.492 e. The minimum Gasteiger partial charge on any atom is -0.492 e. The minimum atomic E-state index is -0.757. The topological polar surface area (TPSA) is 45.2 Å². The molecule has 2 aromatic rings. The van der Waals surface area contributed by atoms with Crippen molar-refractivity contribution in [2.45, 2.75) is 18.6 Å². The summed E-state index contributed by atoms with van der Waals surface area (Å²) in [6.07, 6.45) is 0.761. The van der Waals surface area contributed by atoms with Crippen LogP contribution < -0.4 is 4.74 Å². The Labute approximate surface area is 167 Å². The van der Waals surface area contributed by atoms with Gasteiger partial charge >= 0.3 is 0 Å². The highest BCUT2D eigenvalue weighted by molar-refractivity contribution is 5.33. The molecular weight excluding hydrogens is 352 g/mol. The van der Waals surface area contributed by atoms with Crippen molar-refractivity contribution >= 4 is 0 Å². The van der Waals surface area contributed by atoms with Gasteiger partial charge in [-0.2, -0.15) is 0 Å². The van der Waals surface area contributed by atoms with Crippen LogP contribution in [-0.4, -0.2) is 67.5 Å². The number of rotatable bonds is 7. The Morgan fingerprint density at radius 3 is 2.50 bits per heavy atom. The number of β-amino-alcohol motifs (C(OH)–C–C–N with tert-alkyl or cyclic N) is 1. The maximum absolute atomic E-state index is 11.1. The summed E-state index contributed by atoms with van der Waals surface area (Å²) in [6.45, 7) is 7.54. The van der Waals surface area contributed by atoms with Crippen LogP contribution in [0.1, 0.15) is 17.5 Å². The fourth-order valence-corrected chi connectivity index (χ4v) is 4.12. The molecule has 0 aliphatic carbocycles. The number of benzene rings is 2. The van der Waals surface area contributed by atoms with Crippen LogP contribution in [0.3, 0.4) is 0 Å². The second-order valence-electron chi connectivity index (χ2n) is 7.77. The summed E-state index contributed by atoms with van der Waals surface area (Å²) in [6, 6.07) is 18.3. The molecule has 0 saturated carbocycles. The van der Waals surface area contributed by atoms with E-state index in [1.54, 1.807) is 0 Å². The van der Waals surface area contributed by atoms with Crippen molar-refractivity contribution < 1.29 is 14.6 Å². The van der Waals surface area contributed by atoms with Gasteiger partial charge in [-0.3, -0.25) is 9.80 Å². The van der Waals surface area contributed by atoms with Crippen LogP contribution in [0.2, 0.25) is 0 Å². The number of nitrogens with zero attached hydrogens (tertiary/aromatic N) is 2. The van der Waals surface area contributed by atoms with Crippen molar-refractivity contribution in [3.8, 4) is 5.75 Å². The molecular formula is C23H30N2O3. The fraction of sp³-hybridized carbons (Fsp3) is 0.478. The molecule has 2 aliphatic rings. The molecule has 2 fully saturated rings. The second kappa shape index (κ2) is 9.05. The first kappa shape index (κ1) is 19.4. The summed E-state index contributed by atoms with van der Waals surface area (Å²) in [5.41, 5.74) is 1.43. The lowest BCUT2D eigenvalue weighted by Crippen LogP contribution is -2.38. The number of hydrogen-bond acceptors (Lipinski definition) is 5. The molecule has 5 nitrogen and oxygen atoms in total. The molecule has 2 aliphatic heterocycles. The van der Waals surface area contributed by atoms with E-state index < -0.39 is 5.60 Å². The molecule has 2 aromatic carbocycles. The number of hydrogen-bond donors (Lipinski definition) is 1. The Balaban J connectivity index is 1.34. The van der Waals surface area contributed by atoms with Crippen molar-refractivity contribution in [2.24, 2.45) is 0 Å². The average molecular weight is 383 g/mol. The standard InChI is InChI=1S/C23H30N2O3/c26-23(21-7-2-1-3-8-21)10-11-25(19-23)18-20-6-4-5-9-22(20)28-17-14-24-12-15-27-16-13-24/h1-9,26H,10-19H2. The molecule has 0 aromatic heterocycles. The summed E-state index contributed by atoms with van der Waals surface area (Å²) in [7, 11) is 0.